The van der Waals surface area contributed by atoms with Gasteiger partial charge in [0.05, 0.1) is 0 Å². The third kappa shape index (κ3) is 4.24. The molecule has 0 unspecified atom stereocenters. The van der Waals surface area contributed by atoms with E-state index in [0.29, 0.717) is 11.6 Å². The smallest absolute Gasteiger partial charge is 0.272 e. The molecular weight excluding hydrogens is 360 g/mol. The maximum absolute atomic E-state index is 12.9. The molecule has 4 rings (SSSR count). The van der Waals surface area contributed by atoms with Crippen LogP contribution >= 0.6 is 0 Å². The lowest BCUT2D eigenvalue weighted by Crippen LogP contribution is -2.47. The Morgan fingerprint density at radius 2 is 1.66 bits per heavy atom. The van der Waals surface area contributed by atoms with Gasteiger partial charge < -0.3 is 14.7 Å². The molecule has 2 aliphatic rings. The highest BCUT2D eigenvalue weighted by Gasteiger charge is 2.24. The first-order valence-corrected chi connectivity index (χ1v) is 10.8. The topological polar surface area (TPSA) is 39.7 Å². The number of carbonyl (C=O) groups is 1. The van der Waals surface area contributed by atoms with Crippen molar-refractivity contribution in [3.8, 4) is 0 Å². The summed E-state index contributed by atoms with van der Waals surface area (Å²) < 4.78 is 0. The summed E-state index contributed by atoms with van der Waals surface area (Å²) in [6.45, 7) is 12.2. The van der Waals surface area contributed by atoms with Crippen molar-refractivity contribution in [2.75, 3.05) is 49.1 Å². The third-order valence-electron chi connectivity index (χ3n) is 6.60. The molecule has 2 fully saturated rings. The van der Waals surface area contributed by atoms with Gasteiger partial charge in [0.1, 0.15) is 5.69 Å². The van der Waals surface area contributed by atoms with E-state index in [-0.39, 0.29) is 5.91 Å². The van der Waals surface area contributed by atoms with Crippen molar-refractivity contribution in [1.82, 2.24) is 9.88 Å². The summed E-state index contributed by atoms with van der Waals surface area (Å²) in [4.78, 5) is 24.1. The van der Waals surface area contributed by atoms with E-state index >= 15 is 0 Å². The second kappa shape index (κ2) is 8.44. The number of aryl methyl sites for hydroxylation is 1. The zero-order valence-electron chi connectivity index (χ0n) is 17.9. The van der Waals surface area contributed by atoms with Crippen LogP contribution < -0.4 is 9.80 Å². The average molecular weight is 393 g/mol. The summed E-state index contributed by atoms with van der Waals surface area (Å²) in [7, 11) is 0. The molecule has 2 aliphatic heterocycles. The monoisotopic (exact) mass is 392 g/mol. The highest BCUT2D eigenvalue weighted by Crippen LogP contribution is 2.26. The van der Waals surface area contributed by atoms with Gasteiger partial charge in [-0.3, -0.25) is 9.78 Å². The zero-order valence-corrected chi connectivity index (χ0v) is 17.9. The highest BCUT2D eigenvalue weighted by molar-refractivity contribution is 5.93. The van der Waals surface area contributed by atoms with Gasteiger partial charge in [0.25, 0.3) is 5.91 Å². The molecule has 1 aromatic heterocycles. The standard InChI is InChI=1S/C24H32N4O/c1-18-8-11-28(12-9-18)24(29)22-17-21(7-10-25-22)26-13-15-27(16-14-26)23-6-4-5-19(2)20(23)3/h4-7,10,17-18H,8-9,11-16H2,1-3H3. The minimum absolute atomic E-state index is 0.0766. The Morgan fingerprint density at radius 3 is 2.38 bits per heavy atom. The molecule has 0 saturated carbocycles. The normalized spacial score (nSPS) is 18.2. The number of piperidine rings is 1. The molecule has 5 nitrogen and oxygen atoms in total. The minimum Gasteiger partial charge on any atom is -0.368 e. The number of piperazine rings is 1. The SMILES string of the molecule is Cc1cccc(N2CCN(c3ccnc(C(=O)N4CCC(C)CC4)c3)CC2)c1C. The van der Waals surface area contributed by atoms with Crippen LogP contribution in [0.25, 0.3) is 0 Å². The maximum Gasteiger partial charge on any atom is 0.272 e. The van der Waals surface area contributed by atoms with Gasteiger partial charge in [-0.25, -0.2) is 0 Å². The number of anilines is 2. The quantitative estimate of drug-likeness (QED) is 0.794. The van der Waals surface area contributed by atoms with Gasteiger partial charge in [0.15, 0.2) is 0 Å². The van der Waals surface area contributed by atoms with E-state index in [4.69, 9.17) is 0 Å². The summed E-state index contributed by atoms with van der Waals surface area (Å²) in [6, 6.07) is 10.6. The van der Waals surface area contributed by atoms with Gasteiger partial charge in [0, 0.05) is 56.8 Å². The van der Waals surface area contributed by atoms with Crippen LogP contribution in [0, 0.1) is 19.8 Å². The van der Waals surface area contributed by atoms with E-state index < -0.39 is 0 Å². The molecule has 5 heteroatoms. The Morgan fingerprint density at radius 1 is 0.966 bits per heavy atom. The molecule has 1 amide bonds. The molecule has 0 bridgehead atoms. The number of carbonyl (C=O) groups excluding carboxylic acids is 1. The maximum atomic E-state index is 12.9. The molecule has 0 N–H and O–H groups in total. The van der Waals surface area contributed by atoms with Gasteiger partial charge in [-0.2, -0.15) is 0 Å². The molecule has 0 spiro atoms. The first-order chi connectivity index (χ1) is 14.0. The predicted octanol–water partition coefficient (Wildman–Crippen LogP) is 3.90. The molecule has 0 aliphatic carbocycles. The molecule has 2 aromatic rings. The number of nitrogens with zero attached hydrogens (tertiary/aromatic N) is 4. The van der Waals surface area contributed by atoms with Crippen molar-refractivity contribution in [2.24, 2.45) is 5.92 Å². The average Bonchev–Trinajstić information content (AvgIpc) is 2.76. The molecule has 0 radical (unpaired) electrons. The predicted molar refractivity (Wildman–Crippen MR) is 119 cm³/mol. The number of likely N-dealkylation sites (tertiary alicyclic amines) is 1. The summed E-state index contributed by atoms with van der Waals surface area (Å²) in [5.74, 6) is 0.791. The van der Waals surface area contributed by atoms with E-state index in [1.165, 1.54) is 16.8 Å². The van der Waals surface area contributed by atoms with Crippen LogP contribution in [0.5, 0.6) is 0 Å². The molecule has 0 atom stereocenters. The number of pyridine rings is 1. The van der Waals surface area contributed by atoms with E-state index in [1.807, 2.05) is 17.0 Å². The van der Waals surface area contributed by atoms with Gasteiger partial charge >= 0.3 is 0 Å². The first kappa shape index (κ1) is 19.7. The van der Waals surface area contributed by atoms with E-state index in [1.54, 1.807) is 6.20 Å². The second-order valence-corrected chi connectivity index (χ2v) is 8.57. The van der Waals surface area contributed by atoms with Gasteiger partial charge in [-0.1, -0.05) is 19.1 Å². The van der Waals surface area contributed by atoms with E-state index in [2.05, 4.69) is 53.8 Å². The fraction of sp³-hybridized carbons (Fsp3) is 0.500. The number of hydrogen-bond donors (Lipinski definition) is 0. The van der Waals surface area contributed by atoms with Crippen LogP contribution in [0.15, 0.2) is 36.5 Å². The Bertz CT molecular complexity index is 865. The van der Waals surface area contributed by atoms with Gasteiger partial charge in [-0.05, 0) is 61.9 Å². The van der Waals surface area contributed by atoms with Crippen molar-refractivity contribution >= 4 is 17.3 Å². The lowest BCUT2D eigenvalue weighted by Gasteiger charge is -2.38. The Labute approximate surface area is 174 Å². The van der Waals surface area contributed by atoms with Crippen LogP contribution in [-0.4, -0.2) is 55.1 Å². The van der Waals surface area contributed by atoms with Crippen LogP contribution in [0.2, 0.25) is 0 Å². The number of amides is 1. The molecule has 1 aromatic carbocycles. The Balaban J connectivity index is 1.42. The molecular formula is C24H32N4O. The highest BCUT2D eigenvalue weighted by atomic mass is 16.2. The van der Waals surface area contributed by atoms with Crippen LogP contribution in [0.1, 0.15) is 41.4 Å². The Kier molecular flexibility index (Phi) is 5.74. The molecule has 2 saturated heterocycles. The Hall–Kier alpha value is -2.56. The first-order valence-electron chi connectivity index (χ1n) is 10.8. The number of benzene rings is 1. The summed E-state index contributed by atoms with van der Waals surface area (Å²) in [6.07, 6.45) is 3.96. The second-order valence-electron chi connectivity index (χ2n) is 8.57. The van der Waals surface area contributed by atoms with Crippen LogP contribution in [0.4, 0.5) is 11.4 Å². The lowest BCUT2D eigenvalue weighted by atomic mass is 9.99. The van der Waals surface area contributed by atoms with Crippen LogP contribution in [0.3, 0.4) is 0 Å². The largest absolute Gasteiger partial charge is 0.368 e. The summed E-state index contributed by atoms with van der Waals surface area (Å²) in [5, 5.41) is 0. The number of aromatic nitrogens is 1. The number of rotatable bonds is 3. The molecule has 3 heterocycles. The van der Waals surface area contributed by atoms with Crippen molar-refractivity contribution < 1.29 is 4.79 Å². The number of hydrogen-bond acceptors (Lipinski definition) is 4. The minimum atomic E-state index is 0.0766. The summed E-state index contributed by atoms with van der Waals surface area (Å²) in [5.41, 5.74) is 5.74. The van der Waals surface area contributed by atoms with Crippen LogP contribution in [-0.2, 0) is 0 Å². The summed E-state index contributed by atoms with van der Waals surface area (Å²) >= 11 is 0. The third-order valence-corrected chi connectivity index (χ3v) is 6.60. The van der Waals surface area contributed by atoms with Crippen molar-refractivity contribution in [3.63, 3.8) is 0 Å². The van der Waals surface area contributed by atoms with Gasteiger partial charge in [0.2, 0.25) is 0 Å². The van der Waals surface area contributed by atoms with E-state index in [9.17, 15) is 4.79 Å². The molecule has 154 valence electrons. The van der Waals surface area contributed by atoms with Gasteiger partial charge in [-0.15, -0.1) is 0 Å². The van der Waals surface area contributed by atoms with Crippen molar-refractivity contribution in [3.05, 3.63) is 53.3 Å². The van der Waals surface area contributed by atoms with Crippen molar-refractivity contribution in [1.29, 1.82) is 0 Å². The van der Waals surface area contributed by atoms with E-state index in [0.717, 1.165) is 57.8 Å². The lowest BCUT2D eigenvalue weighted by molar-refractivity contribution is 0.0691. The zero-order chi connectivity index (χ0) is 20.4. The molecule has 29 heavy (non-hydrogen) atoms. The van der Waals surface area contributed by atoms with Crippen molar-refractivity contribution in [2.45, 2.75) is 33.6 Å². The fourth-order valence-electron chi connectivity index (χ4n) is 4.39. The fourth-order valence-corrected chi connectivity index (χ4v) is 4.39.